The number of hydrogen-bond acceptors (Lipinski definition) is 3. The first-order valence-corrected chi connectivity index (χ1v) is 5.66. The summed E-state index contributed by atoms with van der Waals surface area (Å²) in [6.07, 6.45) is 5.98. The van der Waals surface area contributed by atoms with Crippen molar-refractivity contribution in [2.75, 3.05) is 6.54 Å². The second kappa shape index (κ2) is 6.95. The molecule has 1 aromatic heterocycles. The topological polar surface area (TPSA) is 68.0 Å². The Bertz CT molecular complexity index is 313. The van der Waals surface area contributed by atoms with E-state index in [9.17, 15) is 4.79 Å². The van der Waals surface area contributed by atoms with Gasteiger partial charge in [-0.05, 0) is 30.5 Å². The molecular weight excluding hydrogens is 202 g/mol. The van der Waals surface area contributed by atoms with Crippen LogP contribution >= 0.6 is 0 Å². The molecule has 1 rings (SSSR count). The van der Waals surface area contributed by atoms with Crippen LogP contribution in [0.25, 0.3) is 0 Å². The van der Waals surface area contributed by atoms with E-state index in [1.807, 2.05) is 19.1 Å². The molecule has 0 aliphatic carbocycles. The van der Waals surface area contributed by atoms with Crippen LogP contribution in [0.4, 0.5) is 0 Å². The minimum atomic E-state index is -0.373. The van der Waals surface area contributed by atoms with Crippen LogP contribution in [-0.4, -0.2) is 23.5 Å². The highest BCUT2D eigenvalue weighted by Crippen LogP contribution is 1.97. The molecule has 0 fully saturated rings. The molecule has 3 N–H and O–H groups in total. The maximum Gasteiger partial charge on any atom is 0.236 e. The molecule has 1 atom stereocenters. The van der Waals surface area contributed by atoms with Crippen molar-refractivity contribution >= 4 is 5.91 Å². The minimum absolute atomic E-state index is 0.0593. The van der Waals surface area contributed by atoms with Crippen LogP contribution in [0.2, 0.25) is 0 Å². The van der Waals surface area contributed by atoms with Crippen molar-refractivity contribution in [2.24, 2.45) is 5.73 Å². The van der Waals surface area contributed by atoms with E-state index in [0.717, 1.165) is 19.3 Å². The van der Waals surface area contributed by atoms with E-state index in [1.165, 1.54) is 5.56 Å². The zero-order valence-corrected chi connectivity index (χ0v) is 9.65. The van der Waals surface area contributed by atoms with Crippen molar-refractivity contribution in [1.29, 1.82) is 0 Å². The number of pyridine rings is 1. The number of amides is 1. The summed E-state index contributed by atoms with van der Waals surface area (Å²) in [6, 6.07) is 3.51. The molecule has 1 aromatic rings. The lowest BCUT2D eigenvalue weighted by Crippen LogP contribution is -2.41. The normalized spacial score (nSPS) is 12.1. The number of nitrogens with two attached hydrogens (primary N) is 1. The number of nitrogens with zero attached hydrogens (tertiary/aromatic N) is 1. The summed E-state index contributed by atoms with van der Waals surface area (Å²) < 4.78 is 0. The number of carbonyl (C=O) groups excluding carboxylic acids is 1. The molecule has 1 amide bonds. The van der Waals surface area contributed by atoms with Crippen molar-refractivity contribution < 1.29 is 4.79 Å². The summed E-state index contributed by atoms with van der Waals surface area (Å²) in [5.41, 5.74) is 6.85. The Morgan fingerprint density at radius 3 is 2.81 bits per heavy atom. The molecule has 0 unspecified atom stereocenters. The maximum absolute atomic E-state index is 11.5. The van der Waals surface area contributed by atoms with E-state index in [2.05, 4.69) is 10.3 Å². The maximum atomic E-state index is 11.5. The first-order valence-electron chi connectivity index (χ1n) is 5.66. The summed E-state index contributed by atoms with van der Waals surface area (Å²) in [6.45, 7) is 2.64. The van der Waals surface area contributed by atoms with E-state index in [1.54, 1.807) is 12.4 Å². The summed E-state index contributed by atoms with van der Waals surface area (Å²) in [7, 11) is 0. The molecule has 0 spiro atoms. The molecule has 0 saturated carbocycles. The monoisotopic (exact) mass is 221 g/mol. The second-order valence-electron chi connectivity index (χ2n) is 3.79. The molecule has 0 radical (unpaired) electrons. The third-order valence-corrected chi connectivity index (χ3v) is 2.40. The zero-order valence-electron chi connectivity index (χ0n) is 9.65. The first kappa shape index (κ1) is 12.6. The Kier molecular flexibility index (Phi) is 5.50. The van der Waals surface area contributed by atoms with Gasteiger partial charge in [0, 0.05) is 18.9 Å². The van der Waals surface area contributed by atoms with E-state index in [0.29, 0.717) is 6.54 Å². The lowest BCUT2D eigenvalue weighted by molar-refractivity contribution is -0.122. The largest absolute Gasteiger partial charge is 0.354 e. The van der Waals surface area contributed by atoms with Gasteiger partial charge in [0.15, 0.2) is 0 Å². The average molecular weight is 221 g/mol. The average Bonchev–Trinajstić information content (AvgIpc) is 2.30. The molecule has 16 heavy (non-hydrogen) atoms. The van der Waals surface area contributed by atoms with Gasteiger partial charge in [-0.15, -0.1) is 0 Å². The molecule has 0 aromatic carbocycles. The first-order chi connectivity index (χ1) is 7.74. The third kappa shape index (κ3) is 4.40. The van der Waals surface area contributed by atoms with Crippen LogP contribution in [0.5, 0.6) is 0 Å². The van der Waals surface area contributed by atoms with Gasteiger partial charge in [0.1, 0.15) is 0 Å². The fourth-order valence-electron chi connectivity index (χ4n) is 1.45. The number of rotatable bonds is 6. The third-order valence-electron chi connectivity index (χ3n) is 2.40. The molecule has 1 heterocycles. The Balaban J connectivity index is 2.23. The fourth-order valence-corrected chi connectivity index (χ4v) is 1.45. The van der Waals surface area contributed by atoms with Gasteiger partial charge in [-0.25, -0.2) is 0 Å². The number of nitrogens with one attached hydrogen (secondary N) is 1. The quantitative estimate of drug-likeness (QED) is 0.749. The fraction of sp³-hybridized carbons (Fsp3) is 0.500. The van der Waals surface area contributed by atoms with E-state index >= 15 is 0 Å². The van der Waals surface area contributed by atoms with E-state index in [4.69, 9.17) is 5.73 Å². The van der Waals surface area contributed by atoms with Crippen LogP contribution in [0.1, 0.15) is 25.3 Å². The highest BCUT2D eigenvalue weighted by atomic mass is 16.2. The van der Waals surface area contributed by atoms with Crippen molar-refractivity contribution in [2.45, 2.75) is 32.2 Å². The van der Waals surface area contributed by atoms with Crippen molar-refractivity contribution in [1.82, 2.24) is 10.3 Å². The number of aromatic nitrogens is 1. The Morgan fingerprint density at radius 2 is 2.19 bits per heavy atom. The van der Waals surface area contributed by atoms with Gasteiger partial charge in [-0.3, -0.25) is 9.78 Å². The summed E-state index contributed by atoms with van der Waals surface area (Å²) in [5, 5.41) is 2.83. The molecule has 0 saturated heterocycles. The highest BCUT2D eigenvalue weighted by Gasteiger charge is 2.10. The predicted octanol–water partition coefficient (Wildman–Crippen LogP) is 0.868. The molecule has 0 bridgehead atoms. The summed E-state index contributed by atoms with van der Waals surface area (Å²) >= 11 is 0. The number of carbonyl (C=O) groups is 1. The van der Waals surface area contributed by atoms with Gasteiger partial charge in [0.2, 0.25) is 5.91 Å². The zero-order chi connectivity index (χ0) is 11.8. The molecule has 0 aliphatic rings. The standard InChI is InChI=1S/C12H19N3O/c1-2-3-11(13)12(16)15-9-6-10-4-7-14-8-5-10/h4-5,7-8,11H,2-3,6,9,13H2,1H3,(H,15,16)/t11-/m1/s1. The smallest absolute Gasteiger partial charge is 0.236 e. The minimum Gasteiger partial charge on any atom is -0.354 e. The van der Waals surface area contributed by atoms with Crippen LogP contribution in [0.15, 0.2) is 24.5 Å². The van der Waals surface area contributed by atoms with Gasteiger partial charge < -0.3 is 11.1 Å². The highest BCUT2D eigenvalue weighted by molar-refractivity contribution is 5.81. The Labute approximate surface area is 96.3 Å². The van der Waals surface area contributed by atoms with Gasteiger partial charge in [0.25, 0.3) is 0 Å². The molecule has 4 nitrogen and oxygen atoms in total. The van der Waals surface area contributed by atoms with E-state index in [-0.39, 0.29) is 11.9 Å². The predicted molar refractivity (Wildman–Crippen MR) is 63.8 cm³/mol. The van der Waals surface area contributed by atoms with Crippen LogP contribution in [0, 0.1) is 0 Å². The van der Waals surface area contributed by atoms with Gasteiger partial charge in [-0.1, -0.05) is 13.3 Å². The van der Waals surface area contributed by atoms with Crippen LogP contribution in [-0.2, 0) is 11.2 Å². The molecule has 4 heteroatoms. The lowest BCUT2D eigenvalue weighted by atomic mass is 10.1. The summed E-state index contributed by atoms with van der Waals surface area (Å²) in [5.74, 6) is -0.0593. The Hall–Kier alpha value is -1.42. The van der Waals surface area contributed by atoms with Crippen molar-refractivity contribution in [3.05, 3.63) is 30.1 Å². The van der Waals surface area contributed by atoms with Crippen LogP contribution < -0.4 is 11.1 Å². The SMILES string of the molecule is CCC[C@@H](N)C(=O)NCCc1ccncc1. The van der Waals surface area contributed by atoms with Gasteiger partial charge >= 0.3 is 0 Å². The van der Waals surface area contributed by atoms with Crippen LogP contribution in [0.3, 0.4) is 0 Å². The van der Waals surface area contributed by atoms with Gasteiger partial charge in [-0.2, -0.15) is 0 Å². The molecular formula is C12H19N3O. The lowest BCUT2D eigenvalue weighted by Gasteiger charge is -2.10. The molecule has 88 valence electrons. The molecule has 0 aliphatic heterocycles. The number of hydrogen-bond donors (Lipinski definition) is 2. The van der Waals surface area contributed by atoms with Crippen molar-refractivity contribution in [3.63, 3.8) is 0 Å². The Morgan fingerprint density at radius 1 is 1.50 bits per heavy atom. The van der Waals surface area contributed by atoms with E-state index < -0.39 is 0 Å². The second-order valence-corrected chi connectivity index (χ2v) is 3.79. The van der Waals surface area contributed by atoms with Gasteiger partial charge in [0.05, 0.1) is 6.04 Å². The summed E-state index contributed by atoms with van der Waals surface area (Å²) in [4.78, 5) is 15.4. The van der Waals surface area contributed by atoms with Crippen molar-refractivity contribution in [3.8, 4) is 0 Å².